The van der Waals surface area contributed by atoms with Gasteiger partial charge in [0.2, 0.25) is 0 Å². The summed E-state index contributed by atoms with van der Waals surface area (Å²) in [5.74, 6) is 0. The van der Waals surface area contributed by atoms with E-state index in [0.717, 1.165) is 34.3 Å². The zero-order chi connectivity index (χ0) is 18.5. The van der Waals surface area contributed by atoms with E-state index in [1.165, 1.54) is 17.1 Å². The van der Waals surface area contributed by atoms with Crippen LogP contribution >= 0.6 is 0 Å². The maximum Gasteiger partial charge on any atom is 0.159 e. The predicted molar refractivity (Wildman–Crippen MR) is 116 cm³/mol. The third kappa shape index (κ3) is 2.16. The fraction of sp³-hybridized carbons (Fsp3) is 0.0400. The van der Waals surface area contributed by atoms with Crippen LogP contribution in [0.3, 0.4) is 0 Å². The van der Waals surface area contributed by atoms with Gasteiger partial charge >= 0.3 is 0 Å². The van der Waals surface area contributed by atoms with Gasteiger partial charge in [-0.05, 0) is 36.4 Å². The Kier molecular flexibility index (Phi) is 3.23. The highest BCUT2D eigenvalue weighted by Gasteiger charge is 2.29. The van der Waals surface area contributed by atoms with Gasteiger partial charge in [-0.25, -0.2) is 0 Å². The molecule has 0 N–H and O–H groups in total. The first-order chi connectivity index (χ1) is 13.9. The summed E-state index contributed by atoms with van der Waals surface area (Å²) < 4.78 is 6.29. The van der Waals surface area contributed by atoms with Gasteiger partial charge in [-0.15, -0.1) is 0 Å². The number of nitrogens with zero attached hydrogens (tertiary/aromatic N) is 2. The molecule has 1 aliphatic rings. The van der Waals surface area contributed by atoms with E-state index in [-0.39, 0.29) is 0 Å². The highest BCUT2D eigenvalue weighted by Crippen LogP contribution is 2.46. The summed E-state index contributed by atoms with van der Waals surface area (Å²) >= 11 is 0. The zero-order valence-corrected chi connectivity index (χ0v) is 15.2. The van der Waals surface area contributed by atoms with Crippen LogP contribution in [0, 0.1) is 0 Å². The van der Waals surface area contributed by atoms with Gasteiger partial charge in [0.25, 0.3) is 0 Å². The molecule has 0 atom stereocenters. The molecule has 0 spiro atoms. The van der Waals surface area contributed by atoms with Crippen molar-refractivity contribution in [2.24, 2.45) is 0 Å². The molecule has 0 unspecified atom stereocenters. The van der Waals surface area contributed by atoms with Crippen molar-refractivity contribution in [1.29, 1.82) is 0 Å². The average molecular weight is 362 g/mol. The van der Waals surface area contributed by atoms with E-state index in [9.17, 15) is 0 Å². The summed E-state index contributed by atoms with van der Waals surface area (Å²) in [6, 6.07) is 33.7. The molecule has 0 amide bonds. The molecular formula is C25H18N2O. The van der Waals surface area contributed by atoms with Gasteiger partial charge in [-0.1, -0.05) is 60.7 Å². The van der Waals surface area contributed by atoms with E-state index in [1.54, 1.807) is 0 Å². The number of benzene rings is 4. The molecule has 0 bridgehead atoms. The SMILES string of the molecule is c1ccc(N2CN(c3cccc4c3oc3ccccc34)c3ccccc32)cc1. The van der Waals surface area contributed by atoms with Crippen LogP contribution in [0.25, 0.3) is 21.9 Å². The molecule has 6 rings (SSSR count). The lowest BCUT2D eigenvalue weighted by Gasteiger charge is -2.22. The Labute approximate surface area is 163 Å². The van der Waals surface area contributed by atoms with Gasteiger partial charge in [0.15, 0.2) is 5.58 Å². The molecule has 0 aliphatic carbocycles. The number of fused-ring (bicyclic) bond motifs is 4. The number of hydrogen-bond donors (Lipinski definition) is 0. The monoisotopic (exact) mass is 362 g/mol. The number of rotatable bonds is 2. The first kappa shape index (κ1) is 15.3. The number of anilines is 4. The van der Waals surface area contributed by atoms with Gasteiger partial charge in [0.05, 0.1) is 17.1 Å². The Balaban J connectivity index is 1.56. The molecule has 0 fully saturated rings. The fourth-order valence-electron chi connectivity index (χ4n) is 4.19. The third-order valence-electron chi connectivity index (χ3n) is 5.49. The van der Waals surface area contributed by atoms with Crippen LogP contribution in [0.5, 0.6) is 0 Å². The lowest BCUT2D eigenvalue weighted by molar-refractivity contribution is 0.668. The Hall–Kier alpha value is -3.72. The van der Waals surface area contributed by atoms with Crippen molar-refractivity contribution < 1.29 is 4.42 Å². The molecule has 5 aromatic rings. The van der Waals surface area contributed by atoms with E-state index in [2.05, 4.69) is 94.7 Å². The van der Waals surface area contributed by atoms with Crippen LogP contribution in [0.15, 0.2) is 101 Å². The molecule has 1 aliphatic heterocycles. The van der Waals surface area contributed by atoms with Crippen LogP contribution in [-0.2, 0) is 0 Å². The molecule has 0 radical (unpaired) electrons. The van der Waals surface area contributed by atoms with E-state index in [1.807, 2.05) is 12.1 Å². The van der Waals surface area contributed by atoms with Crippen LogP contribution in [0.1, 0.15) is 0 Å². The number of furan rings is 1. The number of para-hydroxylation sites is 5. The van der Waals surface area contributed by atoms with Crippen molar-refractivity contribution in [3.63, 3.8) is 0 Å². The summed E-state index contributed by atoms with van der Waals surface area (Å²) in [4.78, 5) is 4.68. The Morgan fingerprint density at radius 3 is 2.04 bits per heavy atom. The summed E-state index contributed by atoms with van der Waals surface area (Å²) in [5, 5.41) is 2.32. The minimum atomic E-state index is 0.750. The van der Waals surface area contributed by atoms with Crippen molar-refractivity contribution in [2.75, 3.05) is 16.5 Å². The summed E-state index contributed by atoms with van der Waals surface area (Å²) in [6.45, 7) is 0.750. The van der Waals surface area contributed by atoms with Gasteiger partial charge < -0.3 is 14.2 Å². The lowest BCUT2D eigenvalue weighted by Crippen LogP contribution is -2.23. The standard InChI is InChI=1S/C25H18N2O/c1-2-9-18(10-3-1)26-17-27(22-14-6-5-13-21(22)26)23-15-8-12-20-19-11-4-7-16-24(19)28-25(20)23/h1-16H,17H2. The second kappa shape index (κ2) is 5.89. The minimum Gasteiger partial charge on any atom is -0.454 e. The van der Waals surface area contributed by atoms with Gasteiger partial charge in [-0.2, -0.15) is 0 Å². The third-order valence-corrected chi connectivity index (χ3v) is 5.49. The Morgan fingerprint density at radius 1 is 0.536 bits per heavy atom. The lowest BCUT2D eigenvalue weighted by atomic mass is 10.1. The van der Waals surface area contributed by atoms with Gasteiger partial charge in [0, 0.05) is 16.5 Å². The molecule has 1 aromatic heterocycles. The first-order valence-corrected chi connectivity index (χ1v) is 9.49. The molecule has 0 saturated carbocycles. The van der Waals surface area contributed by atoms with Crippen molar-refractivity contribution in [2.45, 2.75) is 0 Å². The molecule has 134 valence electrons. The van der Waals surface area contributed by atoms with Crippen molar-refractivity contribution in [3.8, 4) is 0 Å². The second-order valence-corrected chi connectivity index (χ2v) is 7.07. The summed E-state index contributed by atoms with van der Waals surface area (Å²) in [7, 11) is 0. The van der Waals surface area contributed by atoms with Gasteiger partial charge in [-0.3, -0.25) is 0 Å². The molecule has 3 heteroatoms. The van der Waals surface area contributed by atoms with Crippen molar-refractivity contribution in [1.82, 2.24) is 0 Å². The molecule has 3 nitrogen and oxygen atoms in total. The van der Waals surface area contributed by atoms with E-state index in [0.29, 0.717) is 0 Å². The number of hydrogen-bond acceptors (Lipinski definition) is 3. The topological polar surface area (TPSA) is 19.6 Å². The highest BCUT2D eigenvalue weighted by molar-refractivity contribution is 6.10. The fourth-order valence-corrected chi connectivity index (χ4v) is 4.19. The van der Waals surface area contributed by atoms with Crippen LogP contribution < -0.4 is 9.80 Å². The molecule has 4 aromatic carbocycles. The van der Waals surface area contributed by atoms with Crippen molar-refractivity contribution in [3.05, 3.63) is 97.1 Å². The molecule has 28 heavy (non-hydrogen) atoms. The quantitative estimate of drug-likeness (QED) is 0.343. The first-order valence-electron chi connectivity index (χ1n) is 9.49. The minimum absolute atomic E-state index is 0.750. The van der Waals surface area contributed by atoms with E-state index in [4.69, 9.17) is 4.42 Å². The van der Waals surface area contributed by atoms with Crippen LogP contribution in [0.2, 0.25) is 0 Å². The highest BCUT2D eigenvalue weighted by atomic mass is 16.3. The maximum absolute atomic E-state index is 6.29. The smallest absolute Gasteiger partial charge is 0.159 e. The largest absolute Gasteiger partial charge is 0.454 e. The van der Waals surface area contributed by atoms with E-state index < -0.39 is 0 Å². The molecule has 0 saturated heterocycles. The molecule has 2 heterocycles. The van der Waals surface area contributed by atoms with Crippen LogP contribution in [-0.4, -0.2) is 6.67 Å². The molecular weight excluding hydrogens is 344 g/mol. The summed E-state index contributed by atoms with van der Waals surface area (Å²) in [6.07, 6.45) is 0. The van der Waals surface area contributed by atoms with Crippen LogP contribution in [0.4, 0.5) is 22.7 Å². The maximum atomic E-state index is 6.29. The Morgan fingerprint density at radius 2 is 1.18 bits per heavy atom. The zero-order valence-electron chi connectivity index (χ0n) is 15.2. The second-order valence-electron chi connectivity index (χ2n) is 7.07. The van der Waals surface area contributed by atoms with Crippen molar-refractivity contribution >= 4 is 44.7 Å². The van der Waals surface area contributed by atoms with E-state index >= 15 is 0 Å². The predicted octanol–water partition coefficient (Wildman–Crippen LogP) is 6.83. The Bertz CT molecular complexity index is 1310. The normalized spacial score (nSPS) is 13.4. The van der Waals surface area contributed by atoms with Gasteiger partial charge in [0.1, 0.15) is 12.3 Å². The average Bonchev–Trinajstić information content (AvgIpc) is 3.33. The summed E-state index contributed by atoms with van der Waals surface area (Å²) in [5.41, 5.74) is 6.56.